The number of aryl methyl sites for hydroxylation is 1. The summed E-state index contributed by atoms with van der Waals surface area (Å²) < 4.78 is 5.51. The lowest BCUT2D eigenvalue weighted by Gasteiger charge is -2.29. The van der Waals surface area contributed by atoms with Gasteiger partial charge in [-0.25, -0.2) is 0 Å². The highest BCUT2D eigenvalue weighted by atomic mass is 32.1. The van der Waals surface area contributed by atoms with Crippen LogP contribution in [0.5, 0.6) is 0 Å². The van der Waals surface area contributed by atoms with Gasteiger partial charge in [-0.15, -0.1) is 0 Å². The van der Waals surface area contributed by atoms with Crippen LogP contribution in [0.25, 0.3) is 0 Å². The summed E-state index contributed by atoms with van der Waals surface area (Å²) in [5, 5.41) is 7.95. The molecular weight excluding hydrogens is 230 g/mol. The number of hydrogen-bond donors (Lipinski definition) is 1. The van der Waals surface area contributed by atoms with Gasteiger partial charge in [0.05, 0.1) is 5.60 Å². The predicted octanol–water partition coefficient (Wildman–Crippen LogP) is 3.47. The van der Waals surface area contributed by atoms with Crippen molar-refractivity contribution in [1.82, 2.24) is 5.32 Å². The fourth-order valence-corrected chi connectivity index (χ4v) is 2.72. The first kappa shape index (κ1) is 14.7. The minimum absolute atomic E-state index is 0.0402. The van der Waals surface area contributed by atoms with E-state index in [1.807, 2.05) is 0 Å². The van der Waals surface area contributed by atoms with Crippen LogP contribution in [0.3, 0.4) is 0 Å². The van der Waals surface area contributed by atoms with Crippen LogP contribution >= 0.6 is 11.3 Å². The Bertz CT molecular complexity index is 295. The third-order valence-electron chi connectivity index (χ3n) is 3.14. The highest BCUT2D eigenvalue weighted by Crippen LogP contribution is 2.19. The SMILES string of the molecule is CCNC(CCc1ccsc1)CC(C)(C)OC. The molecule has 0 aliphatic rings. The fourth-order valence-electron chi connectivity index (χ4n) is 2.02. The number of nitrogens with one attached hydrogen (secondary N) is 1. The molecular formula is C14H25NOS. The third kappa shape index (κ3) is 5.66. The zero-order valence-corrected chi connectivity index (χ0v) is 12.3. The van der Waals surface area contributed by atoms with Crippen LogP contribution in [0.1, 0.15) is 39.2 Å². The Kier molecular flexibility index (Phi) is 6.17. The van der Waals surface area contributed by atoms with Crippen molar-refractivity contribution in [3.63, 3.8) is 0 Å². The second-order valence-corrected chi connectivity index (χ2v) is 5.87. The topological polar surface area (TPSA) is 21.3 Å². The van der Waals surface area contributed by atoms with Gasteiger partial charge < -0.3 is 10.1 Å². The van der Waals surface area contributed by atoms with Crippen molar-refractivity contribution in [2.45, 2.75) is 51.7 Å². The first-order chi connectivity index (χ1) is 8.07. The summed E-state index contributed by atoms with van der Waals surface area (Å²) >= 11 is 1.78. The number of ether oxygens (including phenoxy) is 1. The summed E-state index contributed by atoms with van der Waals surface area (Å²) in [5.74, 6) is 0. The molecule has 0 saturated heterocycles. The van der Waals surface area contributed by atoms with Crippen LogP contribution in [0.2, 0.25) is 0 Å². The van der Waals surface area contributed by atoms with Crippen molar-refractivity contribution in [2.75, 3.05) is 13.7 Å². The van der Waals surface area contributed by atoms with Gasteiger partial charge in [-0.2, -0.15) is 11.3 Å². The Morgan fingerprint density at radius 3 is 2.76 bits per heavy atom. The summed E-state index contributed by atoms with van der Waals surface area (Å²) in [4.78, 5) is 0. The molecule has 0 radical (unpaired) electrons. The second-order valence-electron chi connectivity index (χ2n) is 5.09. The molecule has 0 aliphatic carbocycles. The molecule has 98 valence electrons. The first-order valence-corrected chi connectivity index (χ1v) is 7.31. The molecule has 0 spiro atoms. The normalized spacial score (nSPS) is 13.9. The van der Waals surface area contributed by atoms with Gasteiger partial charge in [0.1, 0.15) is 0 Å². The van der Waals surface area contributed by atoms with Crippen molar-refractivity contribution in [2.24, 2.45) is 0 Å². The summed E-state index contributed by atoms with van der Waals surface area (Å²) in [5.41, 5.74) is 1.41. The zero-order chi connectivity index (χ0) is 12.7. The average Bonchev–Trinajstić information content (AvgIpc) is 2.79. The van der Waals surface area contributed by atoms with E-state index in [0.29, 0.717) is 6.04 Å². The minimum Gasteiger partial charge on any atom is -0.379 e. The Balaban J connectivity index is 2.42. The van der Waals surface area contributed by atoms with Gasteiger partial charge >= 0.3 is 0 Å². The van der Waals surface area contributed by atoms with E-state index in [-0.39, 0.29) is 5.60 Å². The fraction of sp³-hybridized carbons (Fsp3) is 0.714. The van der Waals surface area contributed by atoms with Crippen LogP contribution in [-0.4, -0.2) is 25.3 Å². The number of hydrogen-bond acceptors (Lipinski definition) is 3. The molecule has 1 atom stereocenters. The Morgan fingerprint density at radius 2 is 2.24 bits per heavy atom. The van der Waals surface area contributed by atoms with Gasteiger partial charge in [0.15, 0.2) is 0 Å². The molecule has 1 rings (SSSR count). The van der Waals surface area contributed by atoms with Gasteiger partial charge in [-0.3, -0.25) is 0 Å². The quantitative estimate of drug-likeness (QED) is 0.768. The van der Waals surface area contributed by atoms with E-state index in [1.165, 1.54) is 12.0 Å². The van der Waals surface area contributed by atoms with E-state index in [4.69, 9.17) is 4.74 Å². The monoisotopic (exact) mass is 255 g/mol. The molecule has 0 aromatic carbocycles. The van der Waals surface area contributed by atoms with E-state index in [9.17, 15) is 0 Å². The molecule has 1 N–H and O–H groups in total. The Labute approximate surface area is 109 Å². The van der Waals surface area contributed by atoms with Gasteiger partial charge in [0.2, 0.25) is 0 Å². The Hall–Kier alpha value is -0.380. The first-order valence-electron chi connectivity index (χ1n) is 6.37. The molecule has 0 bridgehead atoms. The van der Waals surface area contributed by atoms with E-state index in [1.54, 1.807) is 18.4 Å². The minimum atomic E-state index is -0.0402. The molecule has 0 fully saturated rings. The molecule has 0 saturated carbocycles. The largest absolute Gasteiger partial charge is 0.379 e. The lowest BCUT2D eigenvalue weighted by atomic mass is 9.94. The summed E-state index contributed by atoms with van der Waals surface area (Å²) in [6.07, 6.45) is 3.39. The van der Waals surface area contributed by atoms with Crippen molar-refractivity contribution in [1.29, 1.82) is 0 Å². The zero-order valence-electron chi connectivity index (χ0n) is 11.5. The van der Waals surface area contributed by atoms with Crippen LogP contribution in [0.4, 0.5) is 0 Å². The molecule has 1 unspecified atom stereocenters. The van der Waals surface area contributed by atoms with Crippen molar-refractivity contribution >= 4 is 11.3 Å². The summed E-state index contributed by atoms with van der Waals surface area (Å²) in [6, 6.07) is 2.75. The molecule has 17 heavy (non-hydrogen) atoms. The van der Waals surface area contributed by atoms with E-state index < -0.39 is 0 Å². The van der Waals surface area contributed by atoms with E-state index in [2.05, 4.69) is 42.9 Å². The predicted molar refractivity (Wildman–Crippen MR) is 75.8 cm³/mol. The lowest BCUT2D eigenvalue weighted by Crippen LogP contribution is -2.37. The maximum absolute atomic E-state index is 5.51. The number of rotatable bonds is 8. The van der Waals surface area contributed by atoms with Crippen LogP contribution in [0, 0.1) is 0 Å². The standard InChI is InChI=1S/C14H25NOS/c1-5-15-13(10-14(2,3)16-4)7-6-12-8-9-17-11-12/h8-9,11,13,15H,5-7,10H2,1-4H3. The number of methoxy groups -OCH3 is 1. The van der Waals surface area contributed by atoms with Crippen molar-refractivity contribution in [3.05, 3.63) is 22.4 Å². The van der Waals surface area contributed by atoms with Crippen molar-refractivity contribution < 1.29 is 4.74 Å². The van der Waals surface area contributed by atoms with Gasteiger partial charge in [0.25, 0.3) is 0 Å². The highest BCUT2D eigenvalue weighted by molar-refractivity contribution is 7.07. The van der Waals surface area contributed by atoms with Crippen molar-refractivity contribution in [3.8, 4) is 0 Å². The third-order valence-corrected chi connectivity index (χ3v) is 3.88. The highest BCUT2D eigenvalue weighted by Gasteiger charge is 2.22. The second kappa shape index (κ2) is 7.14. The van der Waals surface area contributed by atoms with Gasteiger partial charge in [-0.05, 0) is 62.0 Å². The molecule has 0 aliphatic heterocycles. The maximum Gasteiger partial charge on any atom is 0.0637 e. The number of thiophene rings is 1. The van der Waals surface area contributed by atoms with E-state index in [0.717, 1.165) is 19.4 Å². The summed E-state index contributed by atoms with van der Waals surface area (Å²) in [7, 11) is 1.79. The molecule has 0 amide bonds. The lowest BCUT2D eigenvalue weighted by molar-refractivity contribution is 0.00656. The van der Waals surface area contributed by atoms with Gasteiger partial charge in [-0.1, -0.05) is 6.92 Å². The molecule has 1 aromatic heterocycles. The average molecular weight is 255 g/mol. The van der Waals surface area contributed by atoms with Gasteiger partial charge in [0, 0.05) is 13.2 Å². The smallest absolute Gasteiger partial charge is 0.0637 e. The van der Waals surface area contributed by atoms with E-state index >= 15 is 0 Å². The maximum atomic E-state index is 5.51. The molecule has 3 heteroatoms. The van der Waals surface area contributed by atoms with Crippen LogP contribution in [-0.2, 0) is 11.2 Å². The molecule has 1 aromatic rings. The summed E-state index contributed by atoms with van der Waals surface area (Å²) in [6.45, 7) is 7.50. The molecule has 2 nitrogen and oxygen atoms in total. The van der Waals surface area contributed by atoms with Crippen LogP contribution < -0.4 is 5.32 Å². The molecule has 1 heterocycles. The van der Waals surface area contributed by atoms with Crippen LogP contribution in [0.15, 0.2) is 16.8 Å². The Morgan fingerprint density at radius 1 is 1.47 bits per heavy atom.